The summed E-state index contributed by atoms with van der Waals surface area (Å²) < 4.78 is 23.0. The molecule has 0 rings (SSSR count). The highest BCUT2D eigenvalue weighted by Crippen LogP contribution is 2.18. The number of aliphatic carboxylic acids is 1. The van der Waals surface area contributed by atoms with Gasteiger partial charge in [-0.05, 0) is 89.9 Å². The average Bonchev–Trinajstić information content (AvgIpc) is 3.49. The van der Waals surface area contributed by atoms with Crippen molar-refractivity contribution >= 4 is 17.9 Å². The zero-order chi connectivity index (χ0) is 61.9. The Hall–Kier alpha value is -3.53. The molecule has 0 aromatic rings. The molecule has 0 amide bonds. The Morgan fingerprint density at radius 3 is 1.00 bits per heavy atom. The third-order valence-electron chi connectivity index (χ3n) is 15.6. The smallest absolute Gasteiger partial charge is 0.361 e. The van der Waals surface area contributed by atoms with E-state index in [1.807, 2.05) is 21.1 Å². The van der Waals surface area contributed by atoms with Crippen LogP contribution in [0, 0.1) is 0 Å². The summed E-state index contributed by atoms with van der Waals surface area (Å²) in [6, 6.07) is 0. The van der Waals surface area contributed by atoms with Gasteiger partial charge in [0.05, 0.1) is 34.4 Å². The monoisotopic (exact) mass is 1190 g/mol. The molecule has 492 valence electrons. The van der Waals surface area contributed by atoms with E-state index >= 15 is 0 Å². The summed E-state index contributed by atoms with van der Waals surface area (Å²) in [6.07, 6.45) is 87.1. The quantitative estimate of drug-likeness (QED) is 0.0211. The van der Waals surface area contributed by atoms with Crippen LogP contribution in [0.5, 0.6) is 0 Å². The molecule has 0 aromatic heterocycles. The predicted octanol–water partition coefficient (Wildman–Crippen LogP) is 22.2. The first kappa shape index (κ1) is 81.5. The van der Waals surface area contributed by atoms with E-state index in [4.69, 9.17) is 18.9 Å². The summed E-state index contributed by atoms with van der Waals surface area (Å²) in [5, 5.41) is 9.74. The molecule has 0 heterocycles. The van der Waals surface area contributed by atoms with Crippen LogP contribution in [0.25, 0.3) is 0 Å². The number of ether oxygens (including phenoxy) is 4. The molecule has 0 saturated heterocycles. The number of carboxylic acids is 1. The molecular formula is C76H136NO8+. The van der Waals surface area contributed by atoms with Gasteiger partial charge in [-0.3, -0.25) is 9.59 Å². The summed E-state index contributed by atoms with van der Waals surface area (Å²) >= 11 is 0. The van der Waals surface area contributed by atoms with Gasteiger partial charge in [-0.15, -0.1) is 0 Å². The predicted molar refractivity (Wildman–Crippen MR) is 364 cm³/mol. The Labute approximate surface area is 525 Å². The molecule has 85 heavy (non-hydrogen) atoms. The maximum atomic E-state index is 12.9. The third-order valence-corrected chi connectivity index (χ3v) is 15.6. The third kappa shape index (κ3) is 67.8. The second kappa shape index (κ2) is 66.4. The van der Waals surface area contributed by atoms with Gasteiger partial charge in [0.2, 0.25) is 0 Å². The van der Waals surface area contributed by atoms with E-state index in [1.165, 1.54) is 205 Å². The van der Waals surface area contributed by atoms with Crippen LogP contribution in [-0.2, 0) is 33.3 Å². The Balaban J connectivity index is 4.03. The maximum Gasteiger partial charge on any atom is 0.361 e. The van der Waals surface area contributed by atoms with E-state index < -0.39 is 24.3 Å². The van der Waals surface area contributed by atoms with Crippen molar-refractivity contribution in [1.29, 1.82) is 0 Å². The minimum absolute atomic E-state index is 0.183. The molecule has 9 nitrogen and oxygen atoms in total. The second-order valence-corrected chi connectivity index (χ2v) is 25.2. The number of rotatable bonds is 66. The van der Waals surface area contributed by atoms with E-state index in [-0.39, 0.29) is 32.2 Å². The standard InChI is InChI=1S/C76H135NO8/c1-6-8-10-12-14-16-18-20-22-24-26-28-30-31-32-33-34-35-36-37-38-39-40-41-42-43-45-46-48-50-52-54-56-58-60-62-64-66-73(78)83-70-72(71-84-76(75(80)81)82-69-68-77(3,4)5)85-74(79)67-65-63-61-59-57-55-53-51-49-47-44-29-27-25-23-21-19-17-15-13-11-9-7-2/h9,11,15,17-18,20-21,23-24,26-27,29,47,49,72,76H,6-8,10,12-14,16,19,22,25,28,30-46,48,50-71H2,1-5H3/p+1/b11-9-,17-15-,20-18-,23-21-,26-24-,29-27-,49-47-. The number of nitrogens with zero attached hydrogens (tertiary/aromatic N) is 1. The molecule has 9 heteroatoms. The highest BCUT2D eigenvalue weighted by Gasteiger charge is 2.25. The summed E-state index contributed by atoms with van der Waals surface area (Å²) in [5.41, 5.74) is 0. The lowest BCUT2D eigenvalue weighted by Crippen LogP contribution is -2.40. The van der Waals surface area contributed by atoms with Crippen LogP contribution in [0.4, 0.5) is 0 Å². The van der Waals surface area contributed by atoms with Gasteiger partial charge in [-0.25, -0.2) is 4.79 Å². The van der Waals surface area contributed by atoms with E-state index in [0.717, 1.165) is 83.5 Å². The number of quaternary nitrogens is 1. The molecule has 0 aliphatic rings. The van der Waals surface area contributed by atoms with Crippen LogP contribution < -0.4 is 0 Å². The molecule has 2 atom stereocenters. The van der Waals surface area contributed by atoms with E-state index in [1.54, 1.807) is 0 Å². The maximum absolute atomic E-state index is 12.9. The Morgan fingerprint density at radius 2 is 0.671 bits per heavy atom. The van der Waals surface area contributed by atoms with Crippen LogP contribution in [0.2, 0.25) is 0 Å². The van der Waals surface area contributed by atoms with Crippen molar-refractivity contribution in [2.45, 2.75) is 334 Å². The number of hydrogen-bond acceptors (Lipinski definition) is 7. The Bertz CT molecular complexity index is 1670. The molecule has 0 radical (unpaired) electrons. The van der Waals surface area contributed by atoms with Crippen LogP contribution in [-0.4, -0.2) is 87.4 Å². The lowest BCUT2D eigenvalue weighted by molar-refractivity contribution is -0.870. The molecule has 1 N–H and O–H groups in total. The normalized spacial score (nSPS) is 13.2. The fourth-order valence-electron chi connectivity index (χ4n) is 10.2. The molecule has 0 aliphatic heterocycles. The topological polar surface area (TPSA) is 108 Å². The van der Waals surface area contributed by atoms with Gasteiger partial charge in [-0.1, -0.05) is 304 Å². The van der Waals surface area contributed by atoms with E-state index in [0.29, 0.717) is 23.9 Å². The molecule has 0 aromatic carbocycles. The Morgan fingerprint density at radius 1 is 0.365 bits per heavy atom. The first-order valence-corrected chi connectivity index (χ1v) is 35.8. The number of hydrogen-bond donors (Lipinski definition) is 1. The number of carbonyl (C=O) groups is 3. The van der Waals surface area contributed by atoms with Crippen molar-refractivity contribution in [1.82, 2.24) is 0 Å². The van der Waals surface area contributed by atoms with Crippen LogP contribution in [0.1, 0.15) is 322 Å². The van der Waals surface area contributed by atoms with Crippen molar-refractivity contribution < 1.29 is 42.9 Å². The minimum Gasteiger partial charge on any atom is -0.477 e. The van der Waals surface area contributed by atoms with Gasteiger partial charge in [0.25, 0.3) is 6.29 Å². The number of unbranched alkanes of at least 4 members (excludes halogenated alkanes) is 37. The summed E-state index contributed by atoms with van der Waals surface area (Å²) in [6.45, 7) is 4.77. The zero-order valence-electron chi connectivity index (χ0n) is 56.3. The van der Waals surface area contributed by atoms with Crippen molar-refractivity contribution in [3.63, 3.8) is 0 Å². The number of allylic oxidation sites excluding steroid dienone is 14. The molecule has 0 spiro atoms. The molecular weight excluding hydrogens is 1050 g/mol. The van der Waals surface area contributed by atoms with Gasteiger partial charge in [-0.2, -0.15) is 0 Å². The molecule has 2 unspecified atom stereocenters. The van der Waals surface area contributed by atoms with Crippen molar-refractivity contribution in [2.75, 3.05) is 47.5 Å². The van der Waals surface area contributed by atoms with Crippen LogP contribution in [0.3, 0.4) is 0 Å². The first-order valence-electron chi connectivity index (χ1n) is 35.8. The van der Waals surface area contributed by atoms with Gasteiger partial charge >= 0.3 is 17.9 Å². The Kier molecular flexibility index (Phi) is 63.7. The highest BCUT2D eigenvalue weighted by atomic mass is 16.7. The number of carboxylic acid groups (broad SMARTS) is 1. The SMILES string of the molecule is CC/C=C\C/C=C\C/C=C\C/C=C\C/C=C\CCCCCCCCCC(=O)OC(COC(=O)CCCCCCCCCCCCCCCCCCCCCCCCCCC/C=C\C/C=C\CCCCCCC)COC(OCC[N+](C)(C)C)C(=O)O. The first-order chi connectivity index (χ1) is 41.6. The lowest BCUT2D eigenvalue weighted by Gasteiger charge is -2.25. The average molecular weight is 1190 g/mol. The van der Waals surface area contributed by atoms with Crippen molar-refractivity contribution in [3.05, 3.63) is 85.1 Å². The molecule has 0 fully saturated rings. The zero-order valence-corrected chi connectivity index (χ0v) is 56.3. The van der Waals surface area contributed by atoms with Gasteiger partial charge < -0.3 is 28.5 Å². The summed E-state index contributed by atoms with van der Waals surface area (Å²) in [4.78, 5) is 37.6. The van der Waals surface area contributed by atoms with Gasteiger partial charge in [0.1, 0.15) is 13.2 Å². The molecule has 0 saturated carbocycles. The molecule has 0 bridgehead atoms. The number of esters is 2. The van der Waals surface area contributed by atoms with E-state index in [9.17, 15) is 19.5 Å². The number of carbonyl (C=O) groups excluding carboxylic acids is 2. The summed E-state index contributed by atoms with van der Waals surface area (Å²) in [7, 11) is 5.97. The number of likely N-dealkylation sites (N-methyl/N-ethyl adjacent to an activating group) is 1. The fraction of sp³-hybridized carbons (Fsp3) is 0.776. The largest absolute Gasteiger partial charge is 0.477 e. The fourth-order valence-corrected chi connectivity index (χ4v) is 10.2. The van der Waals surface area contributed by atoms with Gasteiger partial charge in [0, 0.05) is 12.8 Å². The molecule has 0 aliphatic carbocycles. The van der Waals surface area contributed by atoms with E-state index in [2.05, 4.69) is 98.9 Å². The van der Waals surface area contributed by atoms with Crippen molar-refractivity contribution in [3.8, 4) is 0 Å². The summed E-state index contributed by atoms with van der Waals surface area (Å²) in [5.74, 6) is -2.01. The van der Waals surface area contributed by atoms with Crippen molar-refractivity contribution in [2.24, 2.45) is 0 Å². The lowest BCUT2D eigenvalue weighted by atomic mass is 10.0. The van der Waals surface area contributed by atoms with Crippen LogP contribution >= 0.6 is 0 Å². The minimum atomic E-state index is -1.52. The second-order valence-electron chi connectivity index (χ2n) is 25.2. The van der Waals surface area contributed by atoms with Gasteiger partial charge in [0.15, 0.2) is 6.10 Å². The van der Waals surface area contributed by atoms with Crippen LogP contribution in [0.15, 0.2) is 85.1 Å². The highest BCUT2D eigenvalue weighted by molar-refractivity contribution is 5.71.